The third kappa shape index (κ3) is 4.50. The van der Waals surface area contributed by atoms with Crippen LogP contribution in [-0.4, -0.2) is 41.8 Å². The molecule has 0 atom stereocenters. The van der Waals surface area contributed by atoms with Crippen molar-refractivity contribution in [2.45, 2.75) is 6.54 Å². The quantitative estimate of drug-likeness (QED) is 0.409. The SMILES string of the molecule is COc1ccc(Nc2nonc2-c2noc(NCc3ccc(OC)c(OC)c3)n2)cc1. The molecule has 0 saturated heterocycles. The predicted molar refractivity (Wildman–Crippen MR) is 111 cm³/mol. The Bertz CT molecular complexity index is 1140. The standard InChI is InChI=1S/C20H20N6O5/c1-27-14-7-5-13(6-8-14)22-18-17(24-31-26-18)19-23-20(30-25-19)21-11-12-4-9-15(28-2)16(10-12)29-3/h4-10H,11H2,1-3H3,(H,22,26)(H,21,23,25). The number of methoxy groups -OCH3 is 3. The third-order valence-electron chi connectivity index (χ3n) is 4.37. The maximum Gasteiger partial charge on any atom is 0.322 e. The number of nitrogens with zero attached hydrogens (tertiary/aromatic N) is 4. The molecule has 2 aromatic carbocycles. The van der Waals surface area contributed by atoms with Gasteiger partial charge in [0.05, 0.1) is 21.3 Å². The number of aromatic nitrogens is 4. The first-order valence-electron chi connectivity index (χ1n) is 9.22. The summed E-state index contributed by atoms with van der Waals surface area (Å²) < 4.78 is 25.8. The lowest BCUT2D eigenvalue weighted by molar-refractivity contribution is 0.310. The van der Waals surface area contributed by atoms with Crippen LogP contribution in [0.3, 0.4) is 0 Å². The first kappa shape index (κ1) is 20.0. The van der Waals surface area contributed by atoms with Crippen LogP contribution in [0.15, 0.2) is 51.6 Å². The largest absolute Gasteiger partial charge is 0.497 e. The van der Waals surface area contributed by atoms with E-state index in [0.717, 1.165) is 17.0 Å². The first-order chi connectivity index (χ1) is 15.2. The summed E-state index contributed by atoms with van der Waals surface area (Å²) >= 11 is 0. The molecule has 0 spiro atoms. The van der Waals surface area contributed by atoms with Gasteiger partial charge in [-0.1, -0.05) is 11.2 Å². The summed E-state index contributed by atoms with van der Waals surface area (Å²) in [4.78, 5) is 4.31. The van der Waals surface area contributed by atoms with Crippen molar-refractivity contribution in [1.29, 1.82) is 0 Å². The van der Waals surface area contributed by atoms with E-state index in [9.17, 15) is 0 Å². The Morgan fingerprint density at radius 1 is 0.871 bits per heavy atom. The van der Waals surface area contributed by atoms with Crippen molar-refractivity contribution in [3.63, 3.8) is 0 Å². The van der Waals surface area contributed by atoms with E-state index in [-0.39, 0.29) is 11.8 Å². The molecule has 2 N–H and O–H groups in total. The van der Waals surface area contributed by atoms with Crippen molar-refractivity contribution >= 4 is 17.5 Å². The lowest BCUT2D eigenvalue weighted by atomic mass is 10.2. The first-order valence-corrected chi connectivity index (χ1v) is 9.22. The van der Waals surface area contributed by atoms with Crippen molar-refractivity contribution in [1.82, 2.24) is 20.5 Å². The van der Waals surface area contributed by atoms with E-state index >= 15 is 0 Å². The molecule has 0 aliphatic carbocycles. The molecule has 11 heteroatoms. The molecule has 0 fully saturated rings. The second-order valence-electron chi connectivity index (χ2n) is 6.28. The number of ether oxygens (including phenoxy) is 3. The highest BCUT2D eigenvalue weighted by Gasteiger charge is 2.19. The van der Waals surface area contributed by atoms with E-state index in [1.807, 2.05) is 42.5 Å². The molecule has 0 amide bonds. The fourth-order valence-corrected chi connectivity index (χ4v) is 2.79. The van der Waals surface area contributed by atoms with Gasteiger partial charge in [-0.25, -0.2) is 4.63 Å². The number of benzene rings is 2. The van der Waals surface area contributed by atoms with Gasteiger partial charge in [-0.3, -0.25) is 0 Å². The Morgan fingerprint density at radius 3 is 2.42 bits per heavy atom. The maximum absolute atomic E-state index is 5.31. The van der Waals surface area contributed by atoms with Crippen LogP contribution in [0.4, 0.5) is 17.5 Å². The van der Waals surface area contributed by atoms with Gasteiger partial charge in [-0.2, -0.15) is 4.98 Å². The fourth-order valence-electron chi connectivity index (χ4n) is 2.79. The van der Waals surface area contributed by atoms with Crippen LogP contribution in [0, 0.1) is 0 Å². The topological polar surface area (TPSA) is 130 Å². The predicted octanol–water partition coefficient (Wildman–Crippen LogP) is 3.50. The van der Waals surface area contributed by atoms with Crippen molar-refractivity contribution in [2.75, 3.05) is 32.0 Å². The van der Waals surface area contributed by atoms with Crippen LogP contribution in [0.25, 0.3) is 11.5 Å². The number of anilines is 3. The zero-order chi connectivity index (χ0) is 21.6. The molecular formula is C20H20N6O5. The molecule has 0 unspecified atom stereocenters. The van der Waals surface area contributed by atoms with Gasteiger partial charge in [0.2, 0.25) is 11.6 Å². The number of hydrogen-bond acceptors (Lipinski definition) is 11. The molecule has 0 aliphatic heterocycles. The smallest absolute Gasteiger partial charge is 0.322 e. The van der Waals surface area contributed by atoms with Crippen molar-refractivity contribution in [3.05, 3.63) is 48.0 Å². The summed E-state index contributed by atoms with van der Waals surface area (Å²) in [5, 5.41) is 17.9. The van der Waals surface area contributed by atoms with Crippen molar-refractivity contribution in [2.24, 2.45) is 0 Å². The van der Waals surface area contributed by atoms with Gasteiger partial charge in [0.1, 0.15) is 5.75 Å². The van der Waals surface area contributed by atoms with Crippen molar-refractivity contribution < 1.29 is 23.4 Å². The Labute approximate surface area is 177 Å². The van der Waals surface area contributed by atoms with Crippen LogP contribution in [0.5, 0.6) is 17.2 Å². The van der Waals surface area contributed by atoms with Gasteiger partial charge >= 0.3 is 6.01 Å². The second-order valence-corrected chi connectivity index (χ2v) is 6.28. The van der Waals surface area contributed by atoms with Gasteiger partial charge in [0.25, 0.3) is 0 Å². The summed E-state index contributed by atoms with van der Waals surface area (Å²) in [6.07, 6.45) is 0. The van der Waals surface area contributed by atoms with Gasteiger partial charge in [0.15, 0.2) is 17.2 Å². The van der Waals surface area contributed by atoms with Gasteiger partial charge < -0.3 is 29.4 Å². The number of hydrogen-bond donors (Lipinski definition) is 2. The fraction of sp³-hybridized carbons (Fsp3) is 0.200. The minimum atomic E-state index is 0.225. The lowest BCUT2D eigenvalue weighted by Gasteiger charge is -2.09. The summed E-state index contributed by atoms with van der Waals surface area (Å²) in [7, 11) is 4.78. The molecule has 31 heavy (non-hydrogen) atoms. The van der Waals surface area contributed by atoms with Crippen LogP contribution < -0.4 is 24.8 Å². The van der Waals surface area contributed by atoms with Crippen LogP contribution in [-0.2, 0) is 6.54 Å². The van der Waals surface area contributed by atoms with E-state index in [1.54, 1.807) is 21.3 Å². The zero-order valence-corrected chi connectivity index (χ0v) is 17.1. The molecule has 11 nitrogen and oxygen atoms in total. The summed E-state index contributed by atoms with van der Waals surface area (Å²) in [6, 6.07) is 13.1. The van der Waals surface area contributed by atoms with E-state index in [0.29, 0.717) is 29.6 Å². The van der Waals surface area contributed by atoms with Crippen molar-refractivity contribution in [3.8, 4) is 28.8 Å². The molecule has 0 aliphatic rings. The molecule has 0 saturated carbocycles. The minimum Gasteiger partial charge on any atom is -0.497 e. The van der Waals surface area contributed by atoms with Gasteiger partial charge in [0, 0.05) is 12.2 Å². The van der Waals surface area contributed by atoms with Crippen LogP contribution in [0.1, 0.15) is 5.56 Å². The van der Waals surface area contributed by atoms with E-state index in [2.05, 4.69) is 31.1 Å². The monoisotopic (exact) mass is 424 g/mol. The minimum absolute atomic E-state index is 0.225. The van der Waals surface area contributed by atoms with Crippen LogP contribution in [0.2, 0.25) is 0 Å². The van der Waals surface area contributed by atoms with E-state index in [1.165, 1.54) is 0 Å². The van der Waals surface area contributed by atoms with Gasteiger partial charge in [-0.05, 0) is 52.3 Å². The third-order valence-corrected chi connectivity index (χ3v) is 4.37. The maximum atomic E-state index is 5.31. The van der Waals surface area contributed by atoms with Crippen LogP contribution >= 0.6 is 0 Å². The molecule has 2 heterocycles. The Kier molecular flexibility index (Phi) is 5.83. The Balaban J connectivity index is 1.44. The molecule has 0 radical (unpaired) electrons. The molecule has 2 aromatic heterocycles. The molecule has 0 bridgehead atoms. The number of rotatable bonds is 9. The average Bonchev–Trinajstić information content (AvgIpc) is 3.47. The summed E-state index contributed by atoms with van der Waals surface area (Å²) in [5.74, 6) is 2.62. The Morgan fingerprint density at radius 2 is 1.68 bits per heavy atom. The molecular weight excluding hydrogens is 404 g/mol. The average molecular weight is 424 g/mol. The van der Waals surface area contributed by atoms with E-state index < -0.39 is 0 Å². The highest BCUT2D eigenvalue weighted by molar-refractivity contribution is 5.70. The Hall–Kier alpha value is -4.28. The molecule has 4 rings (SSSR count). The van der Waals surface area contributed by atoms with Gasteiger partial charge in [-0.15, -0.1) is 0 Å². The molecule has 4 aromatic rings. The lowest BCUT2D eigenvalue weighted by Crippen LogP contribution is -2.01. The highest BCUT2D eigenvalue weighted by atomic mass is 16.6. The highest BCUT2D eigenvalue weighted by Crippen LogP contribution is 2.29. The van der Waals surface area contributed by atoms with E-state index in [4.69, 9.17) is 23.4 Å². The zero-order valence-electron chi connectivity index (χ0n) is 17.1. The summed E-state index contributed by atoms with van der Waals surface area (Å²) in [5.41, 5.74) is 2.04. The second kappa shape index (κ2) is 9.03. The number of nitrogens with one attached hydrogen (secondary N) is 2. The summed E-state index contributed by atoms with van der Waals surface area (Å²) in [6.45, 7) is 0.440. The normalized spacial score (nSPS) is 10.5. The molecule has 160 valence electrons.